The molecule has 0 atom stereocenters. The summed E-state index contributed by atoms with van der Waals surface area (Å²) in [5.74, 6) is -13.3. The van der Waals surface area contributed by atoms with Crippen molar-refractivity contribution in [1.29, 1.82) is 0 Å². The number of ether oxygens (including phenoxy) is 1. The third kappa shape index (κ3) is 3.30. The molecule has 0 aliphatic heterocycles. The van der Waals surface area contributed by atoms with E-state index in [0.717, 1.165) is 19.2 Å². The van der Waals surface area contributed by atoms with Gasteiger partial charge >= 0.3 is 0 Å². The van der Waals surface area contributed by atoms with Crippen molar-refractivity contribution >= 4 is 21.5 Å². The fraction of sp³-hybridized carbons (Fsp3) is 0.0370. The Kier molecular flexibility index (Phi) is 5.58. The van der Waals surface area contributed by atoms with Gasteiger partial charge in [-0.3, -0.25) is 0 Å². The average Bonchev–Trinajstić information content (AvgIpc) is 2.85. The number of hydrogen-bond acceptors (Lipinski definition) is 1. The molecule has 9 heteroatoms. The third-order valence-corrected chi connectivity index (χ3v) is 5.95. The summed E-state index contributed by atoms with van der Waals surface area (Å²) in [6.45, 7) is 0. The summed E-state index contributed by atoms with van der Waals surface area (Å²) in [4.78, 5) is 0. The van der Waals surface area contributed by atoms with Crippen molar-refractivity contribution in [2.75, 3.05) is 7.11 Å². The first-order valence-corrected chi connectivity index (χ1v) is 10.4. The Morgan fingerprint density at radius 1 is 0.528 bits per heavy atom. The van der Waals surface area contributed by atoms with Gasteiger partial charge in [0, 0.05) is 33.5 Å². The molecule has 0 saturated carbocycles. The number of hydrogen-bond donors (Lipinski definition) is 0. The highest BCUT2D eigenvalue weighted by atomic mass is 19.2. The molecule has 0 aliphatic carbocycles. The lowest BCUT2D eigenvalue weighted by molar-refractivity contribution is 0.334. The van der Waals surface area contributed by atoms with Crippen molar-refractivity contribution in [2.45, 2.75) is 0 Å². The van der Waals surface area contributed by atoms with Gasteiger partial charge in [0.2, 0.25) is 11.6 Å². The van der Waals surface area contributed by atoms with Crippen LogP contribution in [0.3, 0.4) is 0 Å². The molecule has 0 aromatic heterocycles. The molecular formula is C27H12F8O. The van der Waals surface area contributed by atoms with Gasteiger partial charge in [-0.05, 0) is 35.0 Å². The highest BCUT2D eigenvalue weighted by Crippen LogP contribution is 2.48. The van der Waals surface area contributed by atoms with E-state index in [2.05, 4.69) is 4.74 Å². The Labute approximate surface area is 198 Å². The normalized spacial score (nSPS) is 11.5. The molecule has 0 spiro atoms. The molecule has 0 heterocycles. The van der Waals surface area contributed by atoms with Crippen LogP contribution in [0.1, 0.15) is 0 Å². The number of benzene rings is 5. The van der Waals surface area contributed by atoms with E-state index >= 15 is 17.6 Å². The Bertz CT molecular complexity index is 1680. The standard InChI is InChI=1S/C27H12F8O/c1-36-27-25(34)23(32)22(24(33)26(27)35)19-13-5-3-2-4-12(13)18(14-7-6-11(28)10-17(14)31)20-15(29)8-9-16(30)21(19)20/h2-10H,1H3. The summed E-state index contributed by atoms with van der Waals surface area (Å²) in [5.41, 5.74) is -2.57. The zero-order valence-corrected chi connectivity index (χ0v) is 18.1. The van der Waals surface area contributed by atoms with E-state index in [1.807, 2.05) is 0 Å². The van der Waals surface area contributed by atoms with Gasteiger partial charge in [0.1, 0.15) is 23.3 Å². The molecule has 182 valence electrons. The van der Waals surface area contributed by atoms with Crippen molar-refractivity contribution in [3.05, 3.63) is 101 Å². The summed E-state index contributed by atoms with van der Waals surface area (Å²) >= 11 is 0. The van der Waals surface area contributed by atoms with Crippen LogP contribution in [-0.4, -0.2) is 7.11 Å². The summed E-state index contributed by atoms with van der Waals surface area (Å²) in [7, 11) is 0.798. The van der Waals surface area contributed by atoms with Gasteiger partial charge in [-0.2, -0.15) is 8.78 Å². The number of fused-ring (bicyclic) bond motifs is 2. The Balaban J connectivity index is 2.10. The summed E-state index contributed by atoms with van der Waals surface area (Å²) in [5, 5.41) is -1.58. The predicted octanol–water partition coefficient (Wildman–Crippen LogP) is 8.45. The van der Waals surface area contributed by atoms with Gasteiger partial charge in [0.05, 0.1) is 12.7 Å². The maximum Gasteiger partial charge on any atom is 0.204 e. The SMILES string of the molecule is COc1c(F)c(F)c(-c2c3ccccc3c(-c3ccc(F)cc3F)c3c(F)ccc(F)c23)c(F)c1F. The lowest BCUT2D eigenvalue weighted by atomic mass is 9.85. The molecule has 0 saturated heterocycles. The highest BCUT2D eigenvalue weighted by molar-refractivity contribution is 6.21. The van der Waals surface area contributed by atoms with E-state index in [1.165, 1.54) is 24.3 Å². The summed E-state index contributed by atoms with van der Waals surface area (Å²) in [6, 6.07) is 9.20. The second-order valence-corrected chi connectivity index (χ2v) is 7.86. The Morgan fingerprint density at radius 3 is 1.58 bits per heavy atom. The molecule has 0 bridgehead atoms. The van der Waals surface area contributed by atoms with Gasteiger partial charge in [0.25, 0.3) is 0 Å². The topological polar surface area (TPSA) is 9.23 Å². The van der Waals surface area contributed by atoms with Crippen LogP contribution in [-0.2, 0) is 0 Å². The van der Waals surface area contributed by atoms with Gasteiger partial charge in [0.15, 0.2) is 17.4 Å². The van der Waals surface area contributed by atoms with Gasteiger partial charge < -0.3 is 4.74 Å². The predicted molar refractivity (Wildman–Crippen MR) is 119 cm³/mol. The van der Waals surface area contributed by atoms with Gasteiger partial charge in [-0.15, -0.1) is 0 Å². The molecule has 0 fully saturated rings. The number of rotatable bonds is 3. The highest BCUT2D eigenvalue weighted by Gasteiger charge is 2.31. The second-order valence-electron chi connectivity index (χ2n) is 7.86. The molecule has 0 aliphatic rings. The first kappa shape index (κ1) is 23.6. The maximum absolute atomic E-state index is 15.3. The van der Waals surface area contributed by atoms with E-state index in [-0.39, 0.29) is 21.9 Å². The Hall–Kier alpha value is -4.14. The van der Waals surface area contributed by atoms with E-state index < -0.39 is 74.2 Å². The summed E-state index contributed by atoms with van der Waals surface area (Å²) < 4.78 is 123. The van der Waals surface area contributed by atoms with Crippen LogP contribution in [0.15, 0.2) is 54.6 Å². The zero-order valence-electron chi connectivity index (χ0n) is 18.1. The van der Waals surface area contributed by atoms with Crippen LogP contribution in [0, 0.1) is 46.5 Å². The molecule has 0 unspecified atom stereocenters. The fourth-order valence-electron chi connectivity index (χ4n) is 4.47. The molecular weight excluding hydrogens is 492 g/mol. The summed E-state index contributed by atoms with van der Waals surface area (Å²) in [6.07, 6.45) is 0. The van der Waals surface area contributed by atoms with E-state index in [9.17, 15) is 17.6 Å². The zero-order chi connectivity index (χ0) is 25.9. The minimum absolute atomic E-state index is 0.0366. The van der Waals surface area contributed by atoms with E-state index in [4.69, 9.17) is 0 Å². The lowest BCUT2D eigenvalue weighted by Gasteiger charge is -2.20. The number of methoxy groups -OCH3 is 1. The number of halogens is 8. The Morgan fingerprint density at radius 2 is 1.06 bits per heavy atom. The minimum Gasteiger partial charge on any atom is -0.491 e. The van der Waals surface area contributed by atoms with Crippen LogP contribution in [0.25, 0.3) is 43.8 Å². The maximum atomic E-state index is 15.3. The molecule has 1 nitrogen and oxygen atoms in total. The van der Waals surface area contributed by atoms with Gasteiger partial charge in [-0.25, -0.2) is 26.3 Å². The van der Waals surface area contributed by atoms with Crippen molar-refractivity contribution < 1.29 is 39.9 Å². The first-order valence-electron chi connectivity index (χ1n) is 10.4. The largest absolute Gasteiger partial charge is 0.491 e. The van der Waals surface area contributed by atoms with Crippen LogP contribution in [0.5, 0.6) is 5.75 Å². The van der Waals surface area contributed by atoms with E-state index in [1.54, 1.807) is 0 Å². The molecule has 36 heavy (non-hydrogen) atoms. The third-order valence-electron chi connectivity index (χ3n) is 5.95. The molecule has 5 aromatic rings. The van der Waals surface area contributed by atoms with E-state index in [0.29, 0.717) is 18.2 Å². The van der Waals surface area contributed by atoms with Crippen molar-refractivity contribution in [2.24, 2.45) is 0 Å². The van der Waals surface area contributed by atoms with Crippen LogP contribution in [0.2, 0.25) is 0 Å². The molecule has 0 N–H and O–H groups in total. The van der Waals surface area contributed by atoms with Crippen molar-refractivity contribution in [3.63, 3.8) is 0 Å². The molecule has 5 aromatic carbocycles. The first-order chi connectivity index (χ1) is 17.2. The van der Waals surface area contributed by atoms with Crippen LogP contribution >= 0.6 is 0 Å². The quantitative estimate of drug-likeness (QED) is 0.136. The average molecular weight is 504 g/mol. The fourth-order valence-corrected chi connectivity index (χ4v) is 4.47. The van der Waals surface area contributed by atoms with Crippen LogP contribution in [0.4, 0.5) is 35.1 Å². The molecule has 0 amide bonds. The molecule has 5 rings (SSSR count). The van der Waals surface area contributed by atoms with Crippen molar-refractivity contribution in [1.82, 2.24) is 0 Å². The smallest absolute Gasteiger partial charge is 0.204 e. The van der Waals surface area contributed by atoms with Crippen LogP contribution < -0.4 is 4.74 Å². The van der Waals surface area contributed by atoms with Gasteiger partial charge in [-0.1, -0.05) is 24.3 Å². The lowest BCUT2D eigenvalue weighted by Crippen LogP contribution is -2.05. The second kappa shape index (κ2) is 8.51. The minimum atomic E-state index is -1.90. The molecule has 0 radical (unpaired) electrons. The van der Waals surface area contributed by atoms with Crippen molar-refractivity contribution in [3.8, 4) is 28.0 Å². The monoisotopic (exact) mass is 504 g/mol.